The van der Waals surface area contributed by atoms with Crippen LogP contribution < -0.4 is 0 Å². The third-order valence-corrected chi connectivity index (χ3v) is 5.13. The molecule has 0 aromatic rings. The number of hydrogen-bond acceptors (Lipinski definition) is 2. The first-order chi connectivity index (χ1) is 8.34. The third-order valence-electron chi connectivity index (χ3n) is 5.13. The SMILES string of the molecule is OC1CCCCC1C1CCCCN1CC1CC1. The summed E-state index contributed by atoms with van der Waals surface area (Å²) in [6.07, 6.45) is 11.9. The molecule has 1 heterocycles. The number of rotatable bonds is 3. The number of nitrogens with zero attached hydrogens (tertiary/aromatic N) is 1. The summed E-state index contributed by atoms with van der Waals surface area (Å²) in [4.78, 5) is 2.74. The molecular formula is C15H27NO. The lowest BCUT2D eigenvalue weighted by Crippen LogP contribution is -2.49. The van der Waals surface area contributed by atoms with Crippen molar-refractivity contribution < 1.29 is 5.11 Å². The second-order valence-corrected chi connectivity index (χ2v) is 6.52. The highest BCUT2D eigenvalue weighted by atomic mass is 16.3. The molecule has 3 unspecified atom stereocenters. The first-order valence-electron chi connectivity index (χ1n) is 7.77. The van der Waals surface area contributed by atoms with Gasteiger partial charge in [0.1, 0.15) is 0 Å². The van der Waals surface area contributed by atoms with Crippen molar-refractivity contribution in [2.75, 3.05) is 13.1 Å². The fourth-order valence-corrected chi connectivity index (χ4v) is 3.95. The summed E-state index contributed by atoms with van der Waals surface area (Å²) in [6.45, 7) is 2.62. The van der Waals surface area contributed by atoms with Crippen LogP contribution >= 0.6 is 0 Å². The van der Waals surface area contributed by atoms with Gasteiger partial charge in [0.2, 0.25) is 0 Å². The average molecular weight is 237 g/mol. The third kappa shape index (κ3) is 2.85. The van der Waals surface area contributed by atoms with Gasteiger partial charge in [-0.25, -0.2) is 0 Å². The van der Waals surface area contributed by atoms with Gasteiger partial charge in [0, 0.05) is 18.5 Å². The molecular weight excluding hydrogens is 210 g/mol. The lowest BCUT2D eigenvalue weighted by atomic mass is 9.78. The van der Waals surface area contributed by atoms with Crippen molar-refractivity contribution in [1.82, 2.24) is 4.90 Å². The van der Waals surface area contributed by atoms with Crippen molar-refractivity contribution >= 4 is 0 Å². The van der Waals surface area contributed by atoms with E-state index in [1.165, 1.54) is 64.5 Å². The van der Waals surface area contributed by atoms with Crippen LogP contribution in [0.4, 0.5) is 0 Å². The monoisotopic (exact) mass is 237 g/mol. The Hall–Kier alpha value is -0.0800. The molecule has 0 aromatic carbocycles. The van der Waals surface area contributed by atoms with Crippen LogP contribution in [0.25, 0.3) is 0 Å². The number of likely N-dealkylation sites (tertiary alicyclic amines) is 1. The van der Waals surface area contributed by atoms with E-state index in [1.807, 2.05) is 0 Å². The number of aliphatic hydroxyl groups is 1. The molecule has 3 fully saturated rings. The summed E-state index contributed by atoms with van der Waals surface area (Å²) < 4.78 is 0. The van der Waals surface area contributed by atoms with E-state index in [2.05, 4.69) is 4.90 Å². The molecule has 0 aromatic heterocycles. The van der Waals surface area contributed by atoms with E-state index < -0.39 is 0 Å². The van der Waals surface area contributed by atoms with Crippen LogP contribution in [0.3, 0.4) is 0 Å². The van der Waals surface area contributed by atoms with Crippen molar-refractivity contribution in [2.24, 2.45) is 11.8 Å². The molecule has 2 saturated carbocycles. The van der Waals surface area contributed by atoms with Crippen molar-refractivity contribution in [1.29, 1.82) is 0 Å². The normalized spacial score (nSPS) is 40.4. The van der Waals surface area contributed by atoms with Gasteiger partial charge in [-0.3, -0.25) is 4.90 Å². The molecule has 0 radical (unpaired) electrons. The topological polar surface area (TPSA) is 23.5 Å². The van der Waals surface area contributed by atoms with Gasteiger partial charge in [-0.15, -0.1) is 0 Å². The lowest BCUT2D eigenvalue weighted by molar-refractivity contribution is -0.00704. The maximum Gasteiger partial charge on any atom is 0.0583 e. The van der Waals surface area contributed by atoms with E-state index in [9.17, 15) is 5.11 Å². The minimum Gasteiger partial charge on any atom is -0.393 e. The molecule has 2 aliphatic carbocycles. The fourth-order valence-electron chi connectivity index (χ4n) is 3.95. The van der Waals surface area contributed by atoms with E-state index in [0.717, 1.165) is 12.3 Å². The summed E-state index contributed by atoms with van der Waals surface area (Å²) in [7, 11) is 0. The molecule has 3 rings (SSSR count). The predicted molar refractivity (Wildman–Crippen MR) is 69.9 cm³/mol. The zero-order valence-corrected chi connectivity index (χ0v) is 11.0. The smallest absolute Gasteiger partial charge is 0.0583 e. The van der Waals surface area contributed by atoms with Crippen LogP contribution in [0, 0.1) is 11.8 Å². The van der Waals surface area contributed by atoms with E-state index in [0.29, 0.717) is 12.0 Å². The van der Waals surface area contributed by atoms with E-state index in [1.54, 1.807) is 0 Å². The number of piperidine rings is 1. The van der Waals surface area contributed by atoms with Crippen LogP contribution in [-0.4, -0.2) is 35.2 Å². The Labute approximate surface area is 105 Å². The molecule has 98 valence electrons. The maximum absolute atomic E-state index is 10.3. The average Bonchev–Trinajstić information content (AvgIpc) is 3.15. The summed E-state index contributed by atoms with van der Waals surface area (Å²) >= 11 is 0. The molecule has 1 N–H and O–H groups in total. The van der Waals surface area contributed by atoms with Crippen LogP contribution in [0.5, 0.6) is 0 Å². The molecule has 2 heteroatoms. The molecule has 2 nitrogen and oxygen atoms in total. The van der Waals surface area contributed by atoms with Gasteiger partial charge in [0.05, 0.1) is 6.10 Å². The van der Waals surface area contributed by atoms with Crippen LogP contribution in [0.15, 0.2) is 0 Å². The molecule has 0 spiro atoms. The first kappa shape index (κ1) is 12.0. The largest absolute Gasteiger partial charge is 0.393 e. The molecule has 0 bridgehead atoms. The van der Waals surface area contributed by atoms with Gasteiger partial charge < -0.3 is 5.11 Å². The highest BCUT2D eigenvalue weighted by molar-refractivity contribution is 4.91. The standard InChI is InChI=1S/C15H27NO/c17-15-7-2-1-5-13(15)14-6-3-4-10-16(14)11-12-8-9-12/h12-15,17H,1-11H2. The number of aliphatic hydroxyl groups excluding tert-OH is 1. The quantitative estimate of drug-likeness (QED) is 0.816. The Kier molecular flexibility index (Phi) is 3.72. The molecule has 3 aliphatic rings. The zero-order chi connectivity index (χ0) is 11.7. The van der Waals surface area contributed by atoms with Gasteiger partial charge >= 0.3 is 0 Å². The van der Waals surface area contributed by atoms with Crippen LogP contribution in [0.1, 0.15) is 57.8 Å². The van der Waals surface area contributed by atoms with Gasteiger partial charge in [-0.1, -0.05) is 19.3 Å². The predicted octanol–water partition coefficient (Wildman–Crippen LogP) is 2.80. The minimum atomic E-state index is -0.00597. The highest BCUT2D eigenvalue weighted by Crippen LogP contribution is 2.37. The fraction of sp³-hybridized carbons (Fsp3) is 1.00. The lowest BCUT2D eigenvalue weighted by Gasteiger charge is -2.44. The minimum absolute atomic E-state index is 0.00597. The van der Waals surface area contributed by atoms with Crippen molar-refractivity contribution in [3.8, 4) is 0 Å². The second kappa shape index (κ2) is 5.27. The Morgan fingerprint density at radius 1 is 0.882 bits per heavy atom. The summed E-state index contributed by atoms with van der Waals surface area (Å²) in [5.41, 5.74) is 0. The van der Waals surface area contributed by atoms with Gasteiger partial charge in [0.15, 0.2) is 0 Å². The zero-order valence-electron chi connectivity index (χ0n) is 11.0. The van der Waals surface area contributed by atoms with Crippen molar-refractivity contribution in [3.05, 3.63) is 0 Å². The van der Waals surface area contributed by atoms with Crippen LogP contribution in [0.2, 0.25) is 0 Å². The molecule has 1 aliphatic heterocycles. The van der Waals surface area contributed by atoms with Gasteiger partial charge in [0.25, 0.3) is 0 Å². The highest BCUT2D eigenvalue weighted by Gasteiger charge is 2.37. The summed E-state index contributed by atoms with van der Waals surface area (Å²) in [5, 5.41) is 10.3. The van der Waals surface area contributed by atoms with Crippen molar-refractivity contribution in [3.63, 3.8) is 0 Å². The first-order valence-corrected chi connectivity index (χ1v) is 7.77. The maximum atomic E-state index is 10.3. The van der Waals surface area contributed by atoms with Crippen molar-refractivity contribution in [2.45, 2.75) is 69.9 Å². The number of hydrogen-bond donors (Lipinski definition) is 1. The van der Waals surface area contributed by atoms with E-state index >= 15 is 0 Å². The Bertz CT molecular complexity index is 251. The Morgan fingerprint density at radius 2 is 1.65 bits per heavy atom. The molecule has 1 saturated heterocycles. The van der Waals surface area contributed by atoms with Crippen LogP contribution in [-0.2, 0) is 0 Å². The van der Waals surface area contributed by atoms with Gasteiger partial charge in [-0.2, -0.15) is 0 Å². The van der Waals surface area contributed by atoms with E-state index in [4.69, 9.17) is 0 Å². The van der Waals surface area contributed by atoms with Gasteiger partial charge in [-0.05, 0) is 51.0 Å². The second-order valence-electron chi connectivity index (χ2n) is 6.52. The van der Waals surface area contributed by atoms with E-state index in [-0.39, 0.29) is 6.10 Å². The Balaban J connectivity index is 1.63. The molecule has 17 heavy (non-hydrogen) atoms. The molecule has 0 amide bonds. The molecule has 3 atom stereocenters. The summed E-state index contributed by atoms with van der Waals surface area (Å²) in [6, 6.07) is 0.708. The summed E-state index contributed by atoms with van der Waals surface area (Å²) in [5.74, 6) is 1.58. The Morgan fingerprint density at radius 3 is 2.41 bits per heavy atom.